The van der Waals surface area contributed by atoms with Crippen molar-refractivity contribution < 1.29 is 28.1 Å². The second kappa shape index (κ2) is 24.5. The molecule has 106 heavy (non-hydrogen) atoms. The molecule has 0 N–H and O–H groups in total. The average Bonchev–Trinajstić information content (AvgIpc) is 1.51. The largest absolute Gasteiger partial charge is 0.497 e. The van der Waals surface area contributed by atoms with Crippen molar-refractivity contribution in [1.29, 1.82) is 0 Å². The number of imidazole rings is 2. The van der Waals surface area contributed by atoms with Crippen molar-refractivity contribution in [2.45, 2.75) is 30.5 Å². The highest BCUT2D eigenvalue weighted by atomic mass is 16.5. The van der Waals surface area contributed by atoms with Crippen LogP contribution in [-0.2, 0) is 30.5 Å². The second-order valence-electron chi connectivity index (χ2n) is 27.9. The minimum absolute atomic E-state index is 0.538. The van der Waals surface area contributed by atoms with Crippen LogP contribution >= 0.6 is 0 Å². The van der Waals surface area contributed by atoms with E-state index in [4.69, 9.17) is 18.9 Å². The van der Waals surface area contributed by atoms with E-state index in [9.17, 15) is 0 Å². The molecule has 508 valence electrons. The van der Waals surface area contributed by atoms with Crippen LogP contribution in [0, 0.1) is 0 Å². The molecule has 11 nitrogen and oxygen atoms in total. The molecule has 13 aromatic carbocycles. The molecule has 4 aliphatic rings. The van der Waals surface area contributed by atoms with Crippen LogP contribution in [-0.4, -0.2) is 27.9 Å². The first-order valence-electron chi connectivity index (χ1n) is 35.9. The maximum atomic E-state index is 6.83. The topological polar surface area (TPSA) is 66.0 Å². The van der Waals surface area contributed by atoms with Crippen molar-refractivity contribution in [1.82, 2.24) is 13.7 Å². The Morgan fingerprint density at radius 2 is 0.679 bits per heavy atom. The maximum Gasteiger partial charge on any atom is 0.248 e. The molecule has 0 saturated heterocycles. The molecule has 0 fully saturated rings. The quantitative estimate of drug-likeness (QED) is 0.0898. The number of ether oxygens (including phenoxy) is 4. The molecule has 2 aliphatic heterocycles. The summed E-state index contributed by atoms with van der Waals surface area (Å²) in [5, 5.41) is 2.26. The lowest BCUT2D eigenvalue weighted by Gasteiger charge is -2.39. The predicted molar refractivity (Wildman–Crippen MR) is 422 cm³/mol. The molecule has 0 bridgehead atoms. The summed E-state index contributed by atoms with van der Waals surface area (Å²) >= 11 is 0. The minimum Gasteiger partial charge on any atom is -0.497 e. The van der Waals surface area contributed by atoms with E-state index >= 15 is 0 Å². The second-order valence-corrected chi connectivity index (χ2v) is 27.9. The van der Waals surface area contributed by atoms with Gasteiger partial charge in [-0.05, 0) is 189 Å². The van der Waals surface area contributed by atoms with E-state index in [1.807, 2.05) is 33.9 Å². The van der Waals surface area contributed by atoms with Gasteiger partial charge in [-0.2, -0.15) is 0 Å². The van der Waals surface area contributed by atoms with Crippen LogP contribution in [0.1, 0.15) is 61.2 Å². The third-order valence-corrected chi connectivity index (χ3v) is 22.2. The molecule has 11 heteroatoms. The lowest BCUT2D eigenvalue weighted by Crippen LogP contribution is -2.32. The molecule has 20 rings (SSSR count). The zero-order valence-electron chi connectivity index (χ0n) is 58.6. The van der Waals surface area contributed by atoms with Gasteiger partial charge in [0.25, 0.3) is 0 Å². The van der Waals surface area contributed by atoms with E-state index in [1.165, 1.54) is 55.6 Å². The van der Waals surface area contributed by atoms with Gasteiger partial charge in [0.2, 0.25) is 12.7 Å². The molecule has 0 unspecified atom stereocenters. The number of rotatable bonds is 16. The molecule has 0 saturated carbocycles. The van der Waals surface area contributed by atoms with Gasteiger partial charge in [0.1, 0.15) is 72.4 Å². The third kappa shape index (κ3) is 9.59. The summed E-state index contributed by atoms with van der Waals surface area (Å²) in [5.41, 5.74) is 24.3. The van der Waals surface area contributed by atoms with E-state index in [-0.39, 0.29) is 0 Å². The Labute approximate surface area is 614 Å². The Morgan fingerprint density at radius 3 is 1.06 bits per heavy atom. The zero-order chi connectivity index (χ0) is 70.8. The van der Waals surface area contributed by atoms with Crippen LogP contribution < -0.4 is 37.9 Å². The van der Waals surface area contributed by atoms with Crippen LogP contribution in [0.4, 0.5) is 34.1 Å². The van der Waals surface area contributed by atoms with Gasteiger partial charge >= 0.3 is 0 Å². The van der Waals surface area contributed by atoms with Gasteiger partial charge in [0.15, 0.2) is 0 Å². The summed E-state index contributed by atoms with van der Waals surface area (Å²) in [6.45, 7) is 9.98. The van der Waals surface area contributed by atoms with Crippen LogP contribution in [0.15, 0.2) is 336 Å². The van der Waals surface area contributed by atoms with Crippen molar-refractivity contribution in [2.75, 3.05) is 24.0 Å². The lowest BCUT2D eigenvalue weighted by atomic mass is 9.66. The molecule has 16 aromatic rings. The van der Waals surface area contributed by atoms with Gasteiger partial charge in [-0.3, -0.25) is 0 Å². The Bertz CT molecular complexity index is 5790. The van der Waals surface area contributed by atoms with E-state index < -0.39 is 10.8 Å². The van der Waals surface area contributed by atoms with Crippen LogP contribution in [0.2, 0.25) is 0 Å². The fourth-order valence-electron chi connectivity index (χ4n) is 17.8. The fourth-order valence-corrected chi connectivity index (χ4v) is 17.8. The summed E-state index contributed by atoms with van der Waals surface area (Å²) in [4.78, 5) is 4.83. The SMILES string of the molecule is C=C[n+]1ccn(Cc2cc(Cn3cc[n+](C=C)c3)cc(Cn3c4cc(N(c5ccc(OC)cc5)c5ccc6c(c5)C5(c7ccccc7Oc7ccccc75)c5ccccc5-6)ccc4c4ccc(N(c5ccc(OC)cc5)c5ccc6c(c5)C5(c7ccccc7Oc7ccccc75)c5ccccc5-6)cc43)c2)c1. The molecule has 0 amide bonds. The number of methoxy groups -OCH3 is 2. The third-order valence-electron chi connectivity index (χ3n) is 22.2. The summed E-state index contributed by atoms with van der Waals surface area (Å²) in [5.74, 6) is 4.95. The molecule has 0 atom stereocenters. The average molecular weight is 1370 g/mol. The van der Waals surface area contributed by atoms with E-state index in [2.05, 4.69) is 347 Å². The number of hydrogen-bond acceptors (Lipinski definition) is 6. The summed E-state index contributed by atoms with van der Waals surface area (Å²) in [6.07, 6.45) is 16.1. The summed E-state index contributed by atoms with van der Waals surface area (Å²) < 4.78 is 36.4. The fraction of sp³-hybridized carbons (Fsp3) is 0.0737. The van der Waals surface area contributed by atoms with Gasteiger partial charge in [0.05, 0.1) is 48.5 Å². The van der Waals surface area contributed by atoms with Crippen LogP contribution in [0.3, 0.4) is 0 Å². The number of benzene rings is 13. The first-order valence-corrected chi connectivity index (χ1v) is 35.9. The highest BCUT2D eigenvalue weighted by molar-refractivity contribution is 6.11. The number of para-hydroxylation sites is 4. The highest BCUT2D eigenvalue weighted by Gasteiger charge is 2.53. The van der Waals surface area contributed by atoms with Crippen molar-refractivity contribution in [3.8, 4) is 56.8 Å². The van der Waals surface area contributed by atoms with E-state index in [0.29, 0.717) is 19.6 Å². The van der Waals surface area contributed by atoms with Gasteiger partial charge in [-0.25, -0.2) is 18.3 Å². The van der Waals surface area contributed by atoms with Gasteiger partial charge in [-0.1, -0.05) is 171 Å². The Balaban J connectivity index is 0.812. The molecule has 2 aliphatic carbocycles. The normalized spacial score (nSPS) is 13.3. The maximum absolute atomic E-state index is 6.83. The molecule has 0 radical (unpaired) electrons. The number of anilines is 6. The lowest BCUT2D eigenvalue weighted by molar-refractivity contribution is -0.567. The monoisotopic (exact) mass is 1370 g/mol. The number of hydrogen-bond donors (Lipinski definition) is 0. The standard InChI is InChI=1S/C95H71N7O4/c1-5-96-47-49-98(61-96)58-63-51-64(59-99-50-48-97(6-2)62-99)53-65(52-63)60-100-88-56-70(101(66-31-39-72(103-3)40-32-66)68-35-43-76-74-19-7-9-21-80(74)94(86(76)54-68)82-23-11-15-27-90(82)105-91-28-16-12-24-83(91)94)37-45-78(88)79-46-38-71(57-89(79)100)102(67-33-41-73(104-4)42-34-67)69-36-44-77-75-20-8-10-22-81(75)95(87(77)55-69)84-25-13-17-29-92(84)106-93-30-18-14-26-85(93)95/h5-57,61-62H,1-2,58-60H2,3-4H3/q+2. The van der Waals surface area contributed by atoms with Crippen molar-refractivity contribution in [3.05, 3.63) is 397 Å². The molecule has 2 spiro atoms. The number of aromatic nitrogens is 5. The zero-order valence-corrected chi connectivity index (χ0v) is 58.6. The molecule has 5 heterocycles. The first kappa shape index (κ1) is 62.2. The first-order chi connectivity index (χ1) is 52.3. The molecule has 3 aromatic heterocycles. The summed E-state index contributed by atoms with van der Waals surface area (Å²) in [7, 11) is 3.45. The number of nitrogens with zero attached hydrogens (tertiary/aromatic N) is 7. The molecular formula is C95H71N7O4+2. The van der Waals surface area contributed by atoms with Crippen molar-refractivity contribution in [3.63, 3.8) is 0 Å². The predicted octanol–water partition coefficient (Wildman–Crippen LogP) is 21.2. The Hall–Kier alpha value is -13.6. The highest BCUT2D eigenvalue weighted by Crippen LogP contribution is 2.65. The van der Waals surface area contributed by atoms with Crippen molar-refractivity contribution >= 4 is 68.3 Å². The Kier molecular flexibility index (Phi) is 14.4. The van der Waals surface area contributed by atoms with Crippen LogP contribution in [0.25, 0.3) is 56.5 Å². The molecular weight excluding hydrogens is 1300 g/mol. The van der Waals surface area contributed by atoms with Gasteiger partial charge in [0, 0.05) is 73.7 Å². The van der Waals surface area contributed by atoms with E-state index in [0.717, 1.165) is 118 Å². The minimum atomic E-state index is -0.684. The van der Waals surface area contributed by atoms with Gasteiger partial charge in [-0.15, -0.1) is 0 Å². The van der Waals surface area contributed by atoms with Gasteiger partial charge < -0.3 is 33.3 Å². The van der Waals surface area contributed by atoms with Crippen molar-refractivity contribution in [2.24, 2.45) is 0 Å². The number of fused-ring (bicyclic) bond motifs is 21. The van der Waals surface area contributed by atoms with Crippen LogP contribution in [0.5, 0.6) is 34.5 Å². The Morgan fingerprint density at radius 1 is 0.349 bits per heavy atom. The van der Waals surface area contributed by atoms with E-state index in [1.54, 1.807) is 14.2 Å². The summed E-state index contributed by atoms with van der Waals surface area (Å²) in [6, 6.07) is 104. The smallest absolute Gasteiger partial charge is 0.248 e.